The highest BCUT2D eigenvalue weighted by Crippen LogP contribution is 2.50. The number of benzene rings is 8. The molecule has 0 heteroatoms. The Morgan fingerprint density at radius 2 is 0.981 bits per heavy atom. The molecule has 0 aliphatic heterocycles. The number of rotatable bonds is 3. The number of hydrogen-bond acceptors (Lipinski definition) is 0. The van der Waals surface area contributed by atoms with Crippen molar-refractivity contribution >= 4 is 38.4 Å². The normalized spacial score (nSPS) is 17.5. The van der Waals surface area contributed by atoms with Crippen LogP contribution in [-0.4, -0.2) is 0 Å². The average molecular weight is 675 g/mol. The third kappa shape index (κ3) is 4.55. The summed E-state index contributed by atoms with van der Waals surface area (Å²) in [5.41, 5.74) is 15.9. The first kappa shape index (κ1) is 30.4. The molecule has 3 aliphatic rings. The lowest BCUT2D eigenvalue weighted by atomic mass is 9.74. The van der Waals surface area contributed by atoms with Crippen LogP contribution >= 0.6 is 0 Å². The quantitative estimate of drug-likeness (QED) is 0.175. The fourth-order valence-corrected chi connectivity index (χ4v) is 9.74. The van der Waals surface area contributed by atoms with E-state index in [2.05, 4.69) is 196 Å². The molecule has 0 spiro atoms. The maximum atomic E-state index is 2.44. The maximum Gasteiger partial charge on any atom is 0.0159 e. The summed E-state index contributed by atoms with van der Waals surface area (Å²) in [6.45, 7) is 4.72. The smallest absolute Gasteiger partial charge is 0.0159 e. The van der Waals surface area contributed by atoms with Gasteiger partial charge in [-0.1, -0.05) is 172 Å². The molecule has 2 atom stereocenters. The molecular weight excluding hydrogens is 637 g/mol. The second-order valence-corrected chi connectivity index (χ2v) is 15.6. The SMILES string of the molecule is CC1(C)c2ccccc2-c2ccc(-c3ccc(-c4ccc5ccc(-c6cc7c(c8ccccc68)C6C=CC=CC6C=C7)cc5c4)c4ccccc34)cc21. The van der Waals surface area contributed by atoms with Crippen LogP contribution in [0.3, 0.4) is 0 Å². The minimum atomic E-state index is -0.0306. The van der Waals surface area contributed by atoms with Gasteiger partial charge in [-0.15, -0.1) is 0 Å². The van der Waals surface area contributed by atoms with Gasteiger partial charge in [0, 0.05) is 17.3 Å². The van der Waals surface area contributed by atoms with E-state index in [1.165, 1.54) is 99.1 Å². The zero-order valence-electron chi connectivity index (χ0n) is 30.0. The van der Waals surface area contributed by atoms with Gasteiger partial charge in [-0.25, -0.2) is 0 Å². The topological polar surface area (TPSA) is 0 Å². The van der Waals surface area contributed by atoms with Crippen LogP contribution in [0, 0.1) is 5.92 Å². The number of hydrogen-bond donors (Lipinski definition) is 0. The fourth-order valence-electron chi connectivity index (χ4n) is 9.74. The summed E-state index contributed by atoms with van der Waals surface area (Å²) in [6.07, 6.45) is 13.8. The first-order valence-corrected chi connectivity index (χ1v) is 18.9. The van der Waals surface area contributed by atoms with E-state index in [0.29, 0.717) is 11.8 Å². The Morgan fingerprint density at radius 1 is 0.415 bits per heavy atom. The summed E-state index contributed by atoms with van der Waals surface area (Å²) >= 11 is 0. The molecule has 11 rings (SSSR count). The van der Waals surface area contributed by atoms with Crippen molar-refractivity contribution in [2.24, 2.45) is 5.92 Å². The predicted octanol–water partition coefficient (Wildman–Crippen LogP) is 14.3. The summed E-state index contributed by atoms with van der Waals surface area (Å²) < 4.78 is 0. The van der Waals surface area contributed by atoms with Crippen molar-refractivity contribution in [3.63, 3.8) is 0 Å². The highest BCUT2D eigenvalue weighted by molar-refractivity contribution is 6.07. The Balaban J connectivity index is 1.02. The van der Waals surface area contributed by atoms with Gasteiger partial charge in [-0.05, 0) is 123 Å². The monoisotopic (exact) mass is 674 g/mol. The van der Waals surface area contributed by atoms with E-state index in [4.69, 9.17) is 0 Å². The van der Waals surface area contributed by atoms with Crippen LogP contribution in [0.4, 0.5) is 0 Å². The molecule has 53 heavy (non-hydrogen) atoms. The highest BCUT2D eigenvalue weighted by Gasteiger charge is 2.35. The molecule has 3 aliphatic carbocycles. The Morgan fingerprint density at radius 3 is 1.74 bits per heavy atom. The lowest BCUT2D eigenvalue weighted by Gasteiger charge is -2.29. The molecule has 0 aromatic heterocycles. The van der Waals surface area contributed by atoms with E-state index in [1.54, 1.807) is 0 Å². The van der Waals surface area contributed by atoms with Gasteiger partial charge < -0.3 is 0 Å². The van der Waals surface area contributed by atoms with Crippen LogP contribution in [0.5, 0.6) is 0 Å². The standard InChI is InChI=1S/C53H38/c1-53(2)50-18-10-9-16-46(50)47-26-25-37(32-51(47)53)41-28-27-40(43-13-5-6-14-44(41)43)35-22-19-33-20-23-36(30-39(33)29-35)49-31-38-24-21-34-11-3-4-12-42(34)52(38)48-17-8-7-15-45(48)49/h3-32,34,42H,1-2H3. The Bertz CT molecular complexity index is 2930. The molecular formula is C53H38. The summed E-state index contributed by atoms with van der Waals surface area (Å²) in [5.74, 6) is 0.801. The van der Waals surface area contributed by atoms with E-state index in [9.17, 15) is 0 Å². The summed E-state index contributed by atoms with van der Waals surface area (Å²) in [4.78, 5) is 0. The van der Waals surface area contributed by atoms with Crippen molar-refractivity contribution in [1.82, 2.24) is 0 Å². The summed E-state index contributed by atoms with van der Waals surface area (Å²) in [6, 6.07) is 54.9. The van der Waals surface area contributed by atoms with Gasteiger partial charge in [0.1, 0.15) is 0 Å². The van der Waals surface area contributed by atoms with Crippen molar-refractivity contribution < 1.29 is 0 Å². The molecule has 8 aromatic rings. The van der Waals surface area contributed by atoms with Crippen LogP contribution in [0.15, 0.2) is 176 Å². The molecule has 0 N–H and O–H groups in total. The Labute approximate surface area is 311 Å². The van der Waals surface area contributed by atoms with E-state index in [0.717, 1.165) is 0 Å². The van der Waals surface area contributed by atoms with Crippen molar-refractivity contribution in [2.45, 2.75) is 25.2 Å². The third-order valence-electron chi connectivity index (χ3n) is 12.4. The Hall–Kier alpha value is -6.24. The van der Waals surface area contributed by atoms with Crippen LogP contribution in [0.25, 0.3) is 82.9 Å². The van der Waals surface area contributed by atoms with Gasteiger partial charge in [0.25, 0.3) is 0 Å². The van der Waals surface area contributed by atoms with Gasteiger partial charge in [-0.2, -0.15) is 0 Å². The second kappa shape index (κ2) is 11.4. The van der Waals surface area contributed by atoms with Gasteiger partial charge in [0.15, 0.2) is 0 Å². The van der Waals surface area contributed by atoms with Gasteiger partial charge in [0.05, 0.1) is 0 Å². The van der Waals surface area contributed by atoms with Gasteiger partial charge in [0.2, 0.25) is 0 Å². The summed E-state index contributed by atoms with van der Waals surface area (Å²) in [5, 5.41) is 7.75. The molecule has 0 radical (unpaired) electrons. The first-order chi connectivity index (χ1) is 26.0. The van der Waals surface area contributed by atoms with E-state index < -0.39 is 0 Å². The molecule has 2 unspecified atom stereocenters. The lowest BCUT2D eigenvalue weighted by Crippen LogP contribution is -2.14. The molecule has 0 nitrogen and oxygen atoms in total. The lowest BCUT2D eigenvalue weighted by molar-refractivity contribution is 0.660. The first-order valence-electron chi connectivity index (χ1n) is 18.9. The molecule has 8 aromatic carbocycles. The molecule has 0 fully saturated rings. The average Bonchev–Trinajstić information content (AvgIpc) is 3.44. The molecule has 0 saturated carbocycles. The molecule has 0 amide bonds. The zero-order chi connectivity index (χ0) is 35.3. The predicted molar refractivity (Wildman–Crippen MR) is 226 cm³/mol. The van der Waals surface area contributed by atoms with Crippen LogP contribution < -0.4 is 0 Å². The number of allylic oxidation sites excluding steroid dienone is 5. The van der Waals surface area contributed by atoms with Crippen molar-refractivity contribution in [2.75, 3.05) is 0 Å². The largest absolute Gasteiger partial charge is 0.0767 e. The van der Waals surface area contributed by atoms with Crippen LogP contribution in [-0.2, 0) is 5.41 Å². The molecule has 0 saturated heterocycles. The van der Waals surface area contributed by atoms with E-state index in [1.807, 2.05) is 0 Å². The van der Waals surface area contributed by atoms with Crippen LogP contribution in [0.2, 0.25) is 0 Å². The minimum Gasteiger partial charge on any atom is -0.0767 e. The van der Waals surface area contributed by atoms with Crippen molar-refractivity contribution in [1.29, 1.82) is 0 Å². The Kier molecular flexibility index (Phi) is 6.53. The molecule has 250 valence electrons. The maximum absolute atomic E-state index is 2.44. The third-order valence-corrected chi connectivity index (χ3v) is 12.4. The highest BCUT2D eigenvalue weighted by atomic mass is 14.4. The van der Waals surface area contributed by atoms with Crippen molar-refractivity contribution in [3.8, 4) is 44.5 Å². The van der Waals surface area contributed by atoms with Crippen molar-refractivity contribution in [3.05, 3.63) is 198 Å². The van der Waals surface area contributed by atoms with E-state index >= 15 is 0 Å². The summed E-state index contributed by atoms with van der Waals surface area (Å²) in [7, 11) is 0. The minimum absolute atomic E-state index is 0.0306. The molecule has 0 heterocycles. The number of fused-ring (bicyclic) bond motifs is 10. The molecule has 0 bridgehead atoms. The zero-order valence-corrected chi connectivity index (χ0v) is 30.0. The van der Waals surface area contributed by atoms with Gasteiger partial charge in [-0.3, -0.25) is 0 Å². The van der Waals surface area contributed by atoms with E-state index in [-0.39, 0.29) is 5.41 Å². The fraction of sp³-hybridized carbons (Fsp3) is 0.0943. The van der Waals surface area contributed by atoms with Gasteiger partial charge >= 0.3 is 0 Å². The second-order valence-electron chi connectivity index (χ2n) is 15.6. The van der Waals surface area contributed by atoms with Crippen LogP contribution in [0.1, 0.15) is 42.0 Å².